The van der Waals surface area contributed by atoms with E-state index in [1.807, 2.05) is 41.9 Å². The summed E-state index contributed by atoms with van der Waals surface area (Å²) in [5.41, 5.74) is 4.37. The van der Waals surface area contributed by atoms with Gasteiger partial charge in [0, 0.05) is 41.3 Å². The maximum atomic E-state index is 12.8. The number of amides is 2. The van der Waals surface area contributed by atoms with Gasteiger partial charge in [0.05, 0.1) is 9.83 Å². The first-order valence-electron chi connectivity index (χ1n) is 8.73. The number of benzene rings is 2. The van der Waals surface area contributed by atoms with E-state index >= 15 is 0 Å². The number of hydrogen-bond donors (Lipinski definition) is 1. The number of nitrogens with one attached hydrogen (secondary N) is 1. The largest absolute Gasteiger partial charge is 0.344 e. The van der Waals surface area contributed by atoms with Crippen LogP contribution in [0.3, 0.4) is 0 Å². The van der Waals surface area contributed by atoms with Gasteiger partial charge in [0.15, 0.2) is 4.32 Å². The third kappa shape index (κ3) is 3.58. The lowest BCUT2D eigenvalue weighted by atomic mass is 10.2. The van der Waals surface area contributed by atoms with Crippen molar-refractivity contribution in [3.05, 3.63) is 80.9 Å². The standard InChI is InChI=1S/C20H14N4O4S2/c1-22-15(10-13-4-2-3-5-16(13)22)11-17-19(26)23(20(29)30-17)21-18(25)12-6-8-14(9-7-12)24(27)28/h2-11H,1H3,(H,21,25). The number of hydrazine groups is 1. The highest BCUT2D eigenvalue weighted by molar-refractivity contribution is 8.26. The second-order valence-corrected chi connectivity index (χ2v) is 8.12. The average Bonchev–Trinajstić information content (AvgIpc) is 3.19. The number of carbonyl (C=O) groups is 2. The molecule has 1 aliphatic heterocycles. The Morgan fingerprint density at radius 2 is 1.90 bits per heavy atom. The van der Waals surface area contributed by atoms with Crippen LogP contribution in [0.5, 0.6) is 0 Å². The van der Waals surface area contributed by atoms with Crippen LogP contribution in [0.2, 0.25) is 0 Å². The fraction of sp³-hybridized carbons (Fsp3) is 0.0500. The molecule has 4 rings (SSSR count). The summed E-state index contributed by atoms with van der Waals surface area (Å²) in [5, 5.41) is 12.8. The Kier molecular flexibility index (Phi) is 5.10. The van der Waals surface area contributed by atoms with Gasteiger partial charge in [-0.2, -0.15) is 5.01 Å². The van der Waals surface area contributed by atoms with Crippen LogP contribution in [0, 0.1) is 10.1 Å². The molecule has 0 spiro atoms. The summed E-state index contributed by atoms with van der Waals surface area (Å²) in [6.45, 7) is 0. The fourth-order valence-corrected chi connectivity index (χ4v) is 4.21. The lowest BCUT2D eigenvalue weighted by molar-refractivity contribution is -0.384. The Morgan fingerprint density at radius 1 is 1.20 bits per heavy atom. The molecular formula is C20H14N4O4S2. The van der Waals surface area contributed by atoms with E-state index in [4.69, 9.17) is 12.2 Å². The van der Waals surface area contributed by atoms with E-state index in [0.717, 1.165) is 33.4 Å². The molecule has 0 unspecified atom stereocenters. The molecule has 2 amide bonds. The van der Waals surface area contributed by atoms with Gasteiger partial charge in [-0.3, -0.25) is 25.1 Å². The van der Waals surface area contributed by atoms with Crippen molar-refractivity contribution in [2.45, 2.75) is 0 Å². The molecular weight excluding hydrogens is 424 g/mol. The number of hydrogen-bond acceptors (Lipinski definition) is 6. The number of non-ortho nitro benzene ring substituents is 1. The number of fused-ring (bicyclic) bond motifs is 1. The van der Waals surface area contributed by atoms with Crippen LogP contribution in [0.15, 0.2) is 59.5 Å². The molecule has 2 heterocycles. The molecule has 8 nitrogen and oxygen atoms in total. The first-order chi connectivity index (χ1) is 14.3. The number of thiocarbonyl (C=S) groups is 1. The smallest absolute Gasteiger partial charge is 0.285 e. The van der Waals surface area contributed by atoms with Gasteiger partial charge in [-0.25, -0.2) is 0 Å². The second-order valence-electron chi connectivity index (χ2n) is 6.45. The van der Waals surface area contributed by atoms with Crippen molar-refractivity contribution < 1.29 is 14.5 Å². The molecule has 1 aromatic heterocycles. The van der Waals surface area contributed by atoms with Crippen LogP contribution < -0.4 is 5.43 Å². The zero-order chi connectivity index (χ0) is 21.4. The number of aromatic nitrogens is 1. The summed E-state index contributed by atoms with van der Waals surface area (Å²) in [5.74, 6) is -1.03. The van der Waals surface area contributed by atoms with E-state index in [-0.39, 0.29) is 15.6 Å². The number of nitro benzene ring substituents is 1. The summed E-state index contributed by atoms with van der Waals surface area (Å²) in [4.78, 5) is 35.8. The zero-order valence-corrected chi connectivity index (χ0v) is 17.2. The van der Waals surface area contributed by atoms with E-state index in [0.29, 0.717) is 4.91 Å². The van der Waals surface area contributed by atoms with E-state index in [1.54, 1.807) is 6.08 Å². The molecule has 0 bridgehead atoms. The van der Waals surface area contributed by atoms with Crippen molar-refractivity contribution in [2.24, 2.45) is 7.05 Å². The van der Waals surface area contributed by atoms with Crippen LogP contribution in [0.4, 0.5) is 5.69 Å². The van der Waals surface area contributed by atoms with Crippen molar-refractivity contribution in [1.29, 1.82) is 0 Å². The number of aryl methyl sites for hydroxylation is 1. The van der Waals surface area contributed by atoms with Crippen molar-refractivity contribution in [3.8, 4) is 0 Å². The number of thioether (sulfide) groups is 1. The predicted molar refractivity (Wildman–Crippen MR) is 118 cm³/mol. The van der Waals surface area contributed by atoms with Crippen LogP contribution in [-0.4, -0.2) is 30.6 Å². The van der Waals surface area contributed by atoms with E-state index in [2.05, 4.69) is 5.43 Å². The predicted octanol–water partition coefficient (Wildman–Crippen LogP) is 3.63. The van der Waals surface area contributed by atoms with E-state index in [1.165, 1.54) is 24.3 Å². The van der Waals surface area contributed by atoms with Crippen LogP contribution in [0.1, 0.15) is 16.1 Å². The topological polar surface area (TPSA) is 97.5 Å². The average molecular weight is 438 g/mol. The zero-order valence-electron chi connectivity index (χ0n) is 15.6. The van der Waals surface area contributed by atoms with Crippen molar-refractivity contribution in [1.82, 2.24) is 15.0 Å². The number of carbonyl (C=O) groups excluding carboxylic acids is 2. The van der Waals surface area contributed by atoms with E-state index < -0.39 is 16.7 Å². The van der Waals surface area contributed by atoms with Gasteiger partial charge in [-0.05, 0) is 42.6 Å². The summed E-state index contributed by atoms with van der Waals surface area (Å²) in [6, 6.07) is 14.9. The lowest BCUT2D eigenvalue weighted by Gasteiger charge is -2.15. The van der Waals surface area contributed by atoms with E-state index in [9.17, 15) is 19.7 Å². The van der Waals surface area contributed by atoms with Crippen LogP contribution >= 0.6 is 24.0 Å². The summed E-state index contributed by atoms with van der Waals surface area (Å²) in [7, 11) is 1.91. The molecule has 10 heteroatoms. The molecule has 150 valence electrons. The third-order valence-corrected chi connectivity index (χ3v) is 5.92. The van der Waals surface area contributed by atoms with Gasteiger partial charge in [0.25, 0.3) is 17.5 Å². The molecule has 1 saturated heterocycles. The van der Waals surface area contributed by atoms with Crippen molar-refractivity contribution in [3.63, 3.8) is 0 Å². The SMILES string of the molecule is Cn1c(C=C2SC(=S)N(NC(=O)c3ccc([N+](=O)[O-])cc3)C2=O)cc2ccccc21. The number of para-hydroxylation sites is 1. The van der Waals surface area contributed by atoms with Crippen molar-refractivity contribution in [2.75, 3.05) is 0 Å². The van der Waals surface area contributed by atoms with Gasteiger partial charge in [0.1, 0.15) is 0 Å². The highest BCUT2D eigenvalue weighted by atomic mass is 32.2. The highest BCUT2D eigenvalue weighted by Crippen LogP contribution is 2.32. The molecule has 30 heavy (non-hydrogen) atoms. The Balaban J connectivity index is 1.55. The molecule has 1 fully saturated rings. The highest BCUT2D eigenvalue weighted by Gasteiger charge is 2.34. The molecule has 3 aromatic rings. The molecule has 0 radical (unpaired) electrons. The summed E-state index contributed by atoms with van der Waals surface area (Å²) < 4.78 is 2.16. The maximum absolute atomic E-state index is 12.8. The fourth-order valence-electron chi connectivity index (χ4n) is 3.05. The second kappa shape index (κ2) is 7.73. The van der Waals surface area contributed by atoms with Gasteiger partial charge in [0.2, 0.25) is 0 Å². The molecule has 1 aliphatic rings. The van der Waals surface area contributed by atoms with Crippen LogP contribution in [-0.2, 0) is 11.8 Å². The Labute approximate surface area is 180 Å². The third-order valence-electron chi connectivity index (χ3n) is 4.62. The van der Waals surface area contributed by atoms with Gasteiger partial charge < -0.3 is 4.57 Å². The molecule has 0 aliphatic carbocycles. The Hall–Kier alpha value is -3.50. The first-order valence-corrected chi connectivity index (χ1v) is 9.95. The maximum Gasteiger partial charge on any atom is 0.285 e. The minimum atomic E-state index is -0.591. The van der Waals surface area contributed by atoms with Crippen LogP contribution in [0.25, 0.3) is 17.0 Å². The summed E-state index contributed by atoms with van der Waals surface area (Å²) >= 11 is 6.34. The molecule has 0 atom stereocenters. The molecule has 1 N–H and O–H groups in total. The Bertz CT molecular complexity index is 1250. The summed E-state index contributed by atoms with van der Waals surface area (Å²) in [6.07, 6.45) is 1.73. The first kappa shape index (κ1) is 19.8. The minimum absolute atomic E-state index is 0.130. The van der Waals surface area contributed by atoms with Crippen molar-refractivity contribution >= 4 is 62.8 Å². The van der Waals surface area contributed by atoms with Gasteiger partial charge >= 0.3 is 0 Å². The van der Waals surface area contributed by atoms with Gasteiger partial charge in [-0.15, -0.1) is 0 Å². The number of rotatable bonds is 4. The number of nitrogens with zero attached hydrogens (tertiary/aromatic N) is 3. The Morgan fingerprint density at radius 3 is 2.57 bits per heavy atom. The minimum Gasteiger partial charge on any atom is -0.344 e. The molecule has 0 saturated carbocycles. The number of nitro groups is 1. The lowest BCUT2D eigenvalue weighted by Crippen LogP contribution is -2.44. The normalized spacial score (nSPS) is 15.2. The molecule has 2 aromatic carbocycles. The monoisotopic (exact) mass is 438 g/mol. The van der Waals surface area contributed by atoms with Gasteiger partial charge in [-0.1, -0.05) is 30.0 Å². The quantitative estimate of drug-likeness (QED) is 0.289.